The molecule has 0 spiro atoms. The lowest BCUT2D eigenvalue weighted by Crippen LogP contribution is -2.46. The molecule has 1 aromatic rings. The fourth-order valence-electron chi connectivity index (χ4n) is 3.48. The van der Waals surface area contributed by atoms with Gasteiger partial charge in [-0.1, -0.05) is 12.1 Å². The number of likely N-dealkylation sites (tertiary alicyclic amines) is 1. The first-order chi connectivity index (χ1) is 11.7. The number of hydrogen-bond donors (Lipinski definition) is 1. The van der Waals surface area contributed by atoms with Gasteiger partial charge in [-0.15, -0.1) is 0 Å². The van der Waals surface area contributed by atoms with Crippen LogP contribution in [0.3, 0.4) is 0 Å². The van der Waals surface area contributed by atoms with Crippen LogP contribution in [0.15, 0.2) is 18.2 Å². The standard InChI is InChI=1S/C18H26N2O4/c1-23-16-4-2-3-15(17(16)21)13-19-7-5-14(6-8-19)18(22)20-9-11-24-12-10-20/h2-4,14,21H,5-13H2,1H3. The highest BCUT2D eigenvalue weighted by Gasteiger charge is 2.29. The van der Waals surface area contributed by atoms with Crippen LogP contribution in [-0.4, -0.2) is 67.3 Å². The van der Waals surface area contributed by atoms with Crippen molar-refractivity contribution in [1.82, 2.24) is 9.80 Å². The van der Waals surface area contributed by atoms with Crippen molar-refractivity contribution in [3.63, 3.8) is 0 Å². The fourth-order valence-corrected chi connectivity index (χ4v) is 3.48. The van der Waals surface area contributed by atoms with E-state index in [1.54, 1.807) is 13.2 Å². The van der Waals surface area contributed by atoms with Gasteiger partial charge in [-0.25, -0.2) is 0 Å². The predicted octanol–water partition coefficient (Wildman–Crippen LogP) is 1.47. The van der Waals surface area contributed by atoms with Gasteiger partial charge in [-0.3, -0.25) is 9.69 Å². The second-order valence-corrected chi connectivity index (χ2v) is 6.46. The van der Waals surface area contributed by atoms with Crippen molar-refractivity contribution in [3.05, 3.63) is 23.8 Å². The maximum absolute atomic E-state index is 12.6. The molecule has 1 N–H and O–H groups in total. The molecular weight excluding hydrogens is 308 g/mol. The molecule has 2 heterocycles. The number of morpholine rings is 1. The highest BCUT2D eigenvalue weighted by Crippen LogP contribution is 2.31. The second-order valence-electron chi connectivity index (χ2n) is 6.46. The molecule has 0 atom stereocenters. The van der Waals surface area contributed by atoms with Crippen LogP contribution in [0.1, 0.15) is 18.4 Å². The van der Waals surface area contributed by atoms with Crippen LogP contribution < -0.4 is 4.74 Å². The minimum Gasteiger partial charge on any atom is -0.504 e. The molecule has 0 aliphatic carbocycles. The molecule has 24 heavy (non-hydrogen) atoms. The molecule has 0 unspecified atom stereocenters. The van der Waals surface area contributed by atoms with E-state index >= 15 is 0 Å². The van der Waals surface area contributed by atoms with Crippen molar-refractivity contribution < 1.29 is 19.4 Å². The van der Waals surface area contributed by atoms with Gasteiger partial charge in [0, 0.05) is 31.1 Å². The Morgan fingerprint density at radius 1 is 1.25 bits per heavy atom. The van der Waals surface area contributed by atoms with Crippen molar-refractivity contribution in [2.45, 2.75) is 19.4 Å². The zero-order valence-electron chi connectivity index (χ0n) is 14.2. The van der Waals surface area contributed by atoms with Crippen molar-refractivity contribution in [1.29, 1.82) is 0 Å². The molecule has 0 aromatic heterocycles. The number of carbonyl (C=O) groups excluding carboxylic acids is 1. The number of carbonyl (C=O) groups is 1. The molecule has 2 saturated heterocycles. The zero-order valence-corrected chi connectivity index (χ0v) is 14.2. The largest absolute Gasteiger partial charge is 0.504 e. The molecule has 1 aromatic carbocycles. The van der Waals surface area contributed by atoms with Crippen molar-refractivity contribution >= 4 is 5.91 Å². The molecule has 2 fully saturated rings. The van der Waals surface area contributed by atoms with Crippen LogP contribution in [0.25, 0.3) is 0 Å². The van der Waals surface area contributed by atoms with Crippen LogP contribution in [0.4, 0.5) is 0 Å². The number of rotatable bonds is 4. The van der Waals surface area contributed by atoms with Gasteiger partial charge in [0.1, 0.15) is 0 Å². The SMILES string of the molecule is COc1cccc(CN2CCC(C(=O)N3CCOCC3)CC2)c1O. The Balaban J connectivity index is 1.53. The molecule has 0 bridgehead atoms. The van der Waals surface area contributed by atoms with Gasteiger partial charge in [-0.2, -0.15) is 0 Å². The summed E-state index contributed by atoms with van der Waals surface area (Å²) in [5, 5.41) is 10.2. The monoisotopic (exact) mass is 334 g/mol. The summed E-state index contributed by atoms with van der Waals surface area (Å²) in [6.07, 6.45) is 1.75. The molecule has 132 valence electrons. The maximum Gasteiger partial charge on any atom is 0.225 e. The summed E-state index contributed by atoms with van der Waals surface area (Å²) in [5.41, 5.74) is 0.868. The van der Waals surface area contributed by atoms with E-state index in [4.69, 9.17) is 9.47 Å². The highest BCUT2D eigenvalue weighted by molar-refractivity contribution is 5.79. The number of piperidine rings is 1. The Morgan fingerprint density at radius 2 is 1.96 bits per heavy atom. The van der Waals surface area contributed by atoms with Gasteiger partial charge in [0.15, 0.2) is 11.5 Å². The lowest BCUT2D eigenvalue weighted by Gasteiger charge is -2.35. The van der Waals surface area contributed by atoms with E-state index in [9.17, 15) is 9.90 Å². The van der Waals surface area contributed by atoms with E-state index in [1.165, 1.54) is 0 Å². The number of nitrogens with zero attached hydrogens (tertiary/aromatic N) is 2. The second kappa shape index (κ2) is 7.85. The quantitative estimate of drug-likeness (QED) is 0.903. The Hall–Kier alpha value is -1.79. The molecule has 3 rings (SSSR count). The molecule has 6 heteroatoms. The average Bonchev–Trinajstić information content (AvgIpc) is 2.64. The Kier molecular flexibility index (Phi) is 5.58. The van der Waals surface area contributed by atoms with Crippen molar-refractivity contribution in [2.24, 2.45) is 5.92 Å². The third-order valence-corrected chi connectivity index (χ3v) is 4.96. The smallest absolute Gasteiger partial charge is 0.225 e. The van der Waals surface area contributed by atoms with Gasteiger partial charge in [0.2, 0.25) is 5.91 Å². The molecule has 0 saturated carbocycles. The number of phenols is 1. The minimum absolute atomic E-state index is 0.123. The predicted molar refractivity (Wildman–Crippen MR) is 90.1 cm³/mol. The molecule has 6 nitrogen and oxygen atoms in total. The van der Waals surface area contributed by atoms with Gasteiger partial charge in [0.25, 0.3) is 0 Å². The van der Waals surface area contributed by atoms with Gasteiger partial charge in [-0.05, 0) is 32.0 Å². The molecule has 2 aliphatic heterocycles. The first-order valence-corrected chi connectivity index (χ1v) is 8.62. The molecular formula is C18H26N2O4. The van der Waals surface area contributed by atoms with E-state index in [0.29, 0.717) is 25.5 Å². The van der Waals surface area contributed by atoms with Crippen molar-refractivity contribution in [3.8, 4) is 11.5 Å². The highest BCUT2D eigenvalue weighted by atomic mass is 16.5. The minimum atomic E-state index is 0.123. The lowest BCUT2D eigenvalue weighted by atomic mass is 9.94. The Bertz CT molecular complexity index is 564. The topological polar surface area (TPSA) is 62.2 Å². The fraction of sp³-hybridized carbons (Fsp3) is 0.611. The number of amides is 1. The van der Waals surface area contributed by atoms with Gasteiger partial charge >= 0.3 is 0 Å². The summed E-state index contributed by atoms with van der Waals surface area (Å²) in [6.45, 7) is 5.17. The van der Waals surface area contributed by atoms with E-state index in [-0.39, 0.29) is 17.6 Å². The average molecular weight is 334 g/mol. The van der Waals surface area contributed by atoms with E-state index in [0.717, 1.165) is 44.6 Å². The Labute approximate surface area is 143 Å². The number of ether oxygens (including phenoxy) is 2. The van der Waals surface area contributed by atoms with Crippen LogP contribution in [0, 0.1) is 5.92 Å². The first kappa shape index (κ1) is 17.0. The van der Waals surface area contributed by atoms with Crippen molar-refractivity contribution in [2.75, 3.05) is 46.5 Å². The number of hydrogen-bond acceptors (Lipinski definition) is 5. The summed E-state index contributed by atoms with van der Waals surface area (Å²) < 4.78 is 10.5. The summed E-state index contributed by atoms with van der Waals surface area (Å²) in [7, 11) is 1.56. The number of para-hydroxylation sites is 1. The molecule has 2 aliphatic rings. The van der Waals surface area contributed by atoms with Crippen LogP contribution in [-0.2, 0) is 16.1 Å². The summed E-state index contributed by atoms with van der Waals surface area (Å²) in [6, 6.07) is 5.57. The van der Waals surface area contributed by atoms with E-state index in [1.807, 2.05) is 17.0 Å². The van der Waals surface area contributed by atoms with Crippen LogP contribution in [0.2, 0.25) is 0 Å². The lowest BCUT2D eigenvalue weighted by molar-refractivity contribution is -0.141. The number of aromatic hydroxyl groups is 1. The normalized spacial score (nSPS) is 20.1. The summed E-state index contributed by atoms with van der Waals surface area (Å²) >= 11 is 0. The zero-order chi connectivity index (χ0) is 16.9. The third-order valence-electron chi connectivity index (χ3n) is 4.96. The van der Waals surface area contributed by atoms with E-state index < -0.39 is 0 Å². The summed E-state index contributed by atoms with van der Waals surface area (Å²) in [4.78, 5) is 16.8. The number of benzene rings is 1. The molecule has 1 amide bonds. The number of methoxy groups -OCH3 is 1. The number of phenolic OH excluding ortho intramolecular Hbond substituents is 1. The third kappa shape index (κ3) is 3.82. The Morgan fingerprint density at radius 3 is 2.62 bits per heavy atom. The summed E-state index contributed by atoms with van der Waals surface area (Å²) in [5.74, 6) is 1.12. The van der Waals surface area contributed by atoms with Crippen LogP contribution in [0.5, 0.6) is 11.5 Å². The first-order valence-electron chi connectivity index (χ1n) is 8.62. The van der Waals surface area contributed by atoms with Gasteiger partial charge < -0.3 is 19.5 Å². The van der Waals surface area contributed by atoms with E-state index in [2.05, 4.69) is 4.90 Å². The van der Waals surface area contributed by atoms with Crippen LogP contribution >= 0.6 is 0 Å². The molecule has 0 radical (unpaired) electrons. The van der Waals surface area contributed by atoms with Gasteiger partial charge in [0.05, 0.1) is 20.3 Å². The maximum atomic E-state index is 12.6.